The first kappa shape index (κ1) is 11.3. The molecule has 0 radical (unpaired) electrons. The van der Waals surface area contributed by atoms with Crippen molar-refractivity contribution in [2.75, 3.05) is 32.1 Å². The van der Waals surface area contributed by atoms with E-state index in [0.29, 0.717) is 6.10 Å². The summed E-state index contributed by atoms with van der Waals surface area (Å²) in [6, 6.07) is 8.27. The molecule has 88 valence electrons. The molecule has 0 aliphatic carbocycles. The number of hydrogen-bond acceptors (Lipinski definition) is 3. The molecule has 0 amide bonds. The van der Waals surface area contributed by atoms with Crippen molar-refractivity contribution in [3.8, 4) is 5.75 Å². The molecule has 1 aliphatic rings. The quantitative estimate of drug-likeness (QED) is 0.842. The first-order chi connectivity index (χ1) is 7.75. The van der Waals surface area contributed by atoms with Crippen molar-refractivity contribution in [2.45, 2.75) is 18.9 Å². The molecule has 1 N–H and O–H groups in total. The van der Waals surface area contributed by atoms with Crippen molar-refractivity contribution < 1.29 is 4.74 Å². The predicted molar refractivity (Wildman–Crippen MR) is 67.3 cm³/mol. The molecule has 1 fully saturated rings. The molecule has 1 saturated heterocycles. The Bertz CT molecular complexity index is 315. The number of ether oxygens (including phenoxy) is 1. The standard InChI is InChI=1S/C13H20N2O/c1-15(2)11-5-7-12(8-6-11)16-13-4-3-9-14-10-13/h5-8,13-14H,3-4,9-10H2,1-2H3/t13-/m0/s1. The molecule has 1 aliphatic heterocycles. The Kier molecular flexibility index (Phi) is 3.67. The molecule has 16 heavy (non-hydrogen) atoms. The highest BCUT2D eigenvalue weighted by atomic mass is 16.5. The first-order valence-electron chi connectivity index (χ1n) is 5.90. The Balaban J connectivity index is 1.93. The monoisotopic (exact) mass is 220 g/mol. The van der Waals surface area contributed by atoms with Crippen LogP contribution in [-0.2, 0) is 0 Å². The summed E-state index contributed by atoms with van der Waals surface area (Å²) in [5.41, 5.74) is 1.20. The van der Waals surface area contributed by atoms with Gasteiger partial charge in [0.1, 0.15) is 11.9 Å². The summed E-state index contributed by atoms with van der Waals surface area (Å²) < 4.78 is 5.91. The zero-order valence-corrected chi connectivity index (χ0v) is 10.1. The van der Waals surface area contributed by atoms with E-state index in [2.05, 4.69) is 22.3 Å². The summed E-state index contributed by atoms with van der Waals surface area (Å²) in [4.78, 5) is 2.09. The van der Waals surface area contributed by atoms with Gasteiger partial charge in [0.15, 0.2) is 0 Å². The van der Waals surface area contributed by atoms with Gasteiger partial charge in [-0.3, -0.25) is 0 Å². The van der Waals surface area contributed by atoms with Crippen molar-refractivity contribution >= 4 is 5.69 Å². The molecule has 3 heteroatoms. The van der Waals surface area contributed by atoms with E-state index in [0.717, 1.165) is 25.3 Å². The van der Waals surface area contributed by atoms with Crippen LogP contribution in [0.3, 0.4) is 0 Å². The Morgan fingerprint density at radius 2 is 2.00 bits per heavy atom. The smallest absolute Gasteiger partial charge is 0.119 e. The highest BCUT2D eigenvalue weighted by Gasteiger charge is 2.13. The Labute approximate surface area is 97.4 Å². The van der Waals surface area contributed by atoms with E-state index >= 15 is 0 Å². The molecule has 0 bridgehead atoms. The van der Waals surface area contributed by atoms with Crippen molar-refractivity contribution in [3.05, 3.63) is 24.3 Å². The summed E-state index contributed by atoms with van der Waals surface area (Å²) in [6.07, 6.45) is 2.70. The molecule has 1 atom stereocenters. The van der Waals surface area contributed by atoms with Crippen LogP contribution >= 0.6 is 0 Å². The summed E-state index contributed by atoms with van der Waals surface area (Å²) in [5.74, 6) is 0.972. The number of nitrogens with zero attached hydrogens (tertiary/aromatic N) is 1. The highest BCUT2D eigenvalue weighted by Crippen LogP contribution is 2.20. The summed E-state index contributed by atoms with van der Waals surface area (Å²) >= 11 is 0. The van der Waals surface area contributed by atoms with Gasteiger partial charge in [-0.2, -0.15) is 0 Å². The Morgan fingerprint density at radius 1 is 1.25 bits per heavy atom. The molecule has 1 heterocycles. The van der Waals surface area contributed by atoms with Gasteiger partial charge in [-0.1, -0.05) is 0 Å². The zero-order valence-electron chi connectivity index (χ0n) is 10.1. The first-order valence-corrected chi connectivity index (χ1v) is 5.90. The number of hydrogen-bond donors (Lipinski definition) is 1. The van der Waals surface area contributed by atoms with Gasteiger partial charge in [-0.05, 0) is 43.7 Å². The van der Waals surface area contributed by atoms with Crippen LogP contribution in [0.5, 0.6) is 5.75 Å². The fraction of sp³-hybridized carbons (Fsp3) is 0.538. The number of rotatable bonds is 3. The van der Waals surface area contributed by atoms with Gasteiger partial charge in [-0.15, -0.1) is 0 Å². The third-order valence-electron chi connectivity index (χ3n) is 2.91. The second-order valence-corrected chi connectivity index (χ2v) is 4.47. The van der Waals surface area contributed by atoms with E-state index in [1.54, 1.807) is 0 Å². The van der Waals surface area contributed by atoms with E-state index in [-0.39, 0.29) is 0 Å². The number of anilines is 1. The molecule has 0 unspecified atom stereocenters. The second-order valence-electron chi connectivity index (χ2n) is 4.47. The SMILES string of the molecule is CN(C)c1ccc(O[C@H]2CCCNC2)cc1. The van der Waals surface area contributed by atoms with Crippen molar-refractivity contribution in [2.24, 2.45) is 0 Å². The van der Waals surface area contributed by atoms with E-state index in [1.807, 2.05) is 26.2 Å². The normalized spacial score (nSPS) is 20.5. The van der Waals surface area contributed by atoms with Crippen LogP contribution in [0, 0.1) is 0 Å². The molecular formula is C13H20N2O. The third-order valence-corrected chi connectivity index (χ3v) is 2.91. The molecular weight excluding hydrogens is 200 g/mol. The van der Waals surface area contributed by atoms with Crippen LogP contribution in [0.25, 0.3) is 0 Å². The van der Waals surface area contributed by atoms with Crippen LogP contribution in [0.1, 0.15) is 12.8 Å². The van der Waals surface area contributed by atoms with Crippen molar-refractivity contribution in [1.82, 2.24) is 5.32 Å². The van der Waals surface area contributed by atoms with Gasteiger partial charge >= 0.3 is 0 Å². The topological polar surface area (TPSA) is 24.5 Å². The maximum Gasteiger partial charge on any atom is 0.119 e. The highest BCUT2D eigenvalue weighted by molar-refractivity contribution is 5.47. The minimum Gasteiger partial charge on any atom is -0.489 e. The largest absolute Gasteiger partial charge is 0.489 e. The molecule has 0 aromatic heterocycles. The summed E-state index contributed by atoms with van der Waals surface area (Å²) in [6.45, 7) is 2.09. The predicted octanol–water partition coefficient (Wildman–Crippen LogP) is 1.88. The van der Waals surface area contributed by atoms with Crippen LogP contribution in [-0.4, -0.2) is 33.3 Å². The molecule has 3 nitrogen and oxygen atoms in total. The maximum atomic E-state index is 5.91. The fourth-order valence-electron chi connectivity index (χ4n) is 1.94. The lowest BCUT2D eigenvalue weighted by Gasteiger charge is -2.24. The van der Waals surface area contributed by atoms with E-state index in [9.17, 15) is 0 Å². The van der Waals surface area contributed by atoms with Crippen LogP contribution < -0.4 is 15.0 Å². The number of benzene rings is 1. The number of piperidine rings is 1. The average molecular weight is 220 g/mol. The third kappa shape index (κ3) is 2.89. The van der Waals surface area contributed by atoms with Crippen LogP contribution in [0.2, 0.25) is 0 Å². The fourth-order valence-corrected chi connectivity index (χ4v) is 1.94. The minimum absolute atomic E-state index is 0.332. The lowest BCUT2D eigenvalue weighted by Crippen LogP contribution is -2.37. The second kappa shape index (κ2) is 5.21. The van der Waals surface area contributed by atoms with E-state index in [1.165, 1.54) is 12.1 Å². The minimum atomic E-state index is 0.332. The molecule has 2 rings (SSSR count). The molecule has 1 aromatic rings. The molecule has 0 spiro atoms. The van der Waals surface area contributed by atoms with Crippen LogP contribution in [0.4, 0.5) is 5.69 Å². The molecule has 1 aromatic carbocycles. The van der Waals surface area contributed by atoms with E-state index < -0.39 is 0 Å². The van der Waals surface area contributed by atoms with Gasteiger partial charge in [0.25, 0.3) is 0 Å². The lowest BCUT2D eigenvalue weighted by molar-refractivity contribution is 0.167. The Hall–Kier alpha value is -1.22. The zero-order chi connectivity index (χ0) is 11.4. The van der Waals surface area contributed by atoms with Gasteiger partial charge in [0, 0.05) is 26.3 Å². The van der Waals surface area contributed by atoms with Gasteiger partial charge in [-0.25, -0.2) is 0 Å². The number of nitrogens with one attached hydrogen (secondary N) is 1. The van der Waals surface area contributed by atoms with Crippen molar-refractivity contribution in [1.29, 1.82) is 0 Å². The van der Waals surface area contributed by atoms with E-state index in [4.69, 9.17) is 4.74 Å². The van der Waals surface area contributed by atoms with Crippen LogP contribution in [0.15, 0.2) is 24.3 Å². The molecule has 0 saturated carbocycles. The van der Waals surface area contributed by atoms with Gasteiger partial charge < -0.3 is 15.0 Å². The lowest BCUT2D eigenvalue weighted by atomic mass is 10.1. The summed E-state index contributed by atoms with van der Waals surface area (Å²) in [5, 5.41) is 3.35. The average Bonchev–Trinajstić information content (AvgIpc) is 2.31. The maximum absolute atomic E-state index is 5.91. The van der Waals surface area contributed by atoms with Gasteiger partial charge in [0.2, 0.25) is 0 Å². The Morgan fingerprint density at radius 3 is 2.56 bits per heavy atom. The van der Waals surface area contributed by atoms with Crippen molar-refractivity contribution in [3.63, 3.8) is 0 Å². The van der Waals surface area contributed by atoms with Gasteiger partial charge in [0.05, 0.1) is 0 Å². The summed E-state index contributed by atoms with van der Waals surface area (Å²) in [7, 11) is 4.09.